The topological polar surface area (TPSA) is 58.0 Å². The van der Waals surface area contributed by atoms with Gasteiger partial charge in [0.25, 0.3) is 0 Å². The van der Waals surface area contributed by atoms with Gasteiger partial charge in [0.1, 0.15) is 0 Å². The normalized spacial score (nSPS) is 14.9. The van der Waals surface area contributed by atoms with Crippen molar-refractivity contribution in [3.63, 3.8) is 0 Å². The monoisotopic (exact) mass is 480 g/mol. The van der Waals surface area contributed by atoms with E-state index in [1.54, 1.807) is 0 Å². The minimum atomic E-state index is 0.125. The maximum absolute atomic E-state index is 4.67. The quantitative estimate of drug-likeness (QED) is 0.254. The van der Waals surface area contributed by atoms with Crippen LogP contribution in [0.5, 0.6) is 0 Å². The second-order valence-corrected chi connectivity index (χ2v) is 9.20. The maximum Gasteiger partial charge on any atom is 0.0572 e. The van der Waals surface area contributed by atoms with Crippen molar-refractivity contribution in [3.8, 4) is 0 Å². The fraction of sp³-hybridized carbons (Fsp3) is 0.333. The third-order valence-corrected chi connectivity index (χ3v) is 7.07. The van der Waals surface area contributed by atoms with Crippen LogP contribution < -0.4 is 0 Å². The molecule has 4 aromatic rings. The van der Waals surface area contributed by atoms with Gasteiger partial charge in [-0.3, -0.25) is 29.7 Å². The van der Waals surface area contributed by atoms with E-state index in [1.807, 2.05) is 49.1 Å². The average Bonchev–Trinajstić information content (AvgIpc) is 2.96. The molecule has 0 aliphatic rings. The molecular formula is C30H36N6. The molecule has 0 aliphatic heterocycles. The highest BCUT2D eigenvalue weighted by Gasteiger charge is 2.29. The summed E-state index contributed by atoms with van der Waals surface area (Å²) in [5, 5.41) is 0. The summed E-state index contributed by atoms with van der Waals surface area (Å²) < 4.78 is 0. The number of aromatic nitrogens is 4. The van der Waals surface area contributed by atoms with E-state index in [-0.39, 0.29) is 24.2 Å². The Bertz CT molecular complexity index is 971. The van der Waals surface area contributed by atoms with E-state index in [1.165, 1.54) is 0 Å². The summed E-state index contributed by atoms with van der Waals surface area (Å²) in [6, 6.07) is 25.0. The van der Waals surface area contributed by atoms with Crippen LogP contribution in [0.25, 0.3) is 0 Å². The highest BCUT2D eigenvalue weighted by molar-refractivity contribution is 5.15. The minimum Gasteiger partial charge on any atom is -0.285 e. The third-order valence-electron chi connectivity index (χ3n) is 7.07. The maximum atomic E-state index is 4.67. The van der Waals surface area contributed by atoms with E-state index in [2.05, 4.69) is 106 Å². The Balaban J connectivity index is 1.63. The van der Waals surface area contributed by atoms with Crippen LogP contribution in [0.15, 0.2) is 97.6 Å². The van der Waals surface area contributed by atoms with Crippen LogP contribution in [0.1, 0.15) is 74.6 Å². The Labute approximate surface area is 215 Å². The van der Waals surface area contributed by atoms with Gasteiger partial charge in [-0.25, -0.2) is 0 Å². The highest BCUT2D eigenvalue weighted by atomic mass is 15.3. The summed E-state index contributed by atoms with van der Waals surface area (Å²) in [5.41, 5.74) is 4.23. The second kappa shape index (κ2) is 12.5. The van der Waals surface area contributed by atoms with Gasteiger partial charge in [0.2, 0.25) is 0 Å². The van der Waals surface area contributed by atoms with E-state index in [4.69, 9.17) is 0 Å². The summed E-state index contributed by atoms with van der Waals surface area (Å²) >= 11 is 0. The first kappa shape index (κ1) is 25.6. The van der Waals surface area contributed by atoms with Gasteiger partial charge in [0, 0.05) is 62.0 Å². The Kier molecular flexibility index (Phi) is 8.87. The molecule has 4 heterocycles. The molecule has 0 aliphatic carbocycles. The molecule has 0 radical (unpaired) electrons. The van der Waals surface area contributed by atoms with Gasteiger partial charge in [-0.15, -0.1) is 0 Å². The lowest BCUT2D eigenvalue weighted by atomic mass is 10.1. The van der Waals surface area contributed by atoms with Crippen LogP contribution in [0.2, 0.25) is 0 Å². The molecule has 6 heteroatoms. The van der Waals surface area contributed by atoms with Crippen LogP contribution in [-0.4, -0.2) is 42.8 Å². The molecule has 0 saturated carbocycles. The molecule has 0 N–H and O–H groups in total. The first-order valence-corrected chi connectivity index (χ1v) is 12.7. The van der Waals surface area contributed by atoms with Gasteiger partial charge in [-0.1, -0.05) is 24.3 Å². The summed E-state index contributed by atoms with van der Waals surface area (Å²) in [4.78, 5) is 23.7. The number of hydrogen-bond acceptors (Lipinski definition) is 6. The van der Waals surface area contributed by atoms with Crippen LogP contribution in [0.4, 0.5) is 0 Å². The molecule has 0 bridgehead atoms. The van der Waals surface area contributed by atoms with Gasteiger partial charge in [0.15, 0.2) is 0 Å². The van der Waals surface area contributed by atoms with Crippen molar-refractivity contribution in [1.82, 2.24) is 29.7 Å². The van der Waals surface area contributed by atoms with Crippen LogP contribution >= 0.6 is 0 Å². The fourth-order valence-electron chi connectivity index (χ4n) is 4.85. The van der Waals surface area contributed by atoms with Crippen molar-refractivity contribution in [2.75, 3.05) is 13.1 Å². The highest BCUT2D eigenvalue weighted by Crippen LogP contribution is 2.32. The Morgan fingerprint density at radius 2 is 0.694 bits per heavy atom. The fourth-order valence-corrected chi connectivity index (χ4v) is 4.85. The predicted molar refractivity (Wildman–Crippen MR) is 144 cm³/mol. The zero-order chi connectivity index (χ0) is 25.3. The van der Waals surface area contributed by atoms with Crippen molar-refractivity contribution in [2.24, 2.45) is 0 Å². The summed E-state index contributed by atoms with van der Waals surface area (Å²) in [7, 11) is 0. The molecule has 0 fully saturated rings. The third kappa shape index (κ3) is 6.20. The SMILES string of the molecule is C[C@H](c1ccccn1)N(CCN([C@H](C)c1ccccn1)[C@H](C)c1ccccn1)[C@H](C)c1ccccn1. The van der Waals surface area contributed by atoms with Crippen molar-refractivity contribution in [2.45, 2.75) is 51.9 Å². The van der Waals surface area contributed by atoms with E-state index in [9.17, 15) is 0 Å². The van der Waals surface area contributed by atoms with Crippen LogP contribution in [-0.2, 0) is 0 Å². The number of rotatable bonds is 11. The zero-order valence-corrected chi connectivity index (χ0v) is 21.6. The molecule has 186 valence electrons. The summed E-state index contributed by atoms with van der Waals surface area (Å²) in [6.45, 7) is 10.6. The van der Waals surface area contributed by atoms with Crippen molar-refractivity contribution in [3.05, 3.63) is 120 Å². The molecule has 4 aromatic heterocycles. The molecule has 4 atom stereocenters. The van der Waals surface area contributed by atoms with E-state index < -0.39 is 0 Å². The molecule has 0 saturated heterocycles. The molecule has 6 nitrogen and oxygen atoms in total. The smallest absolute Gasteiger partial charge is 0.0572 e. The molecular weight excluding hydrogens is 444 g/mol. The van der Waals surface area contributed by atoms with Crippen molar-refractivity contribution >= 4 is 0 Å². The number of pyridine rings is 4. The molecule has 0 unspecified atom stereocenters. The average molecular weight is 481 g/mol. The van der Waals surface area contributed by atoms with Gasteiger partial charge >= 0.3 is 0 Å². The molecule has 36 heavy (non-hydrogen) atoms. The Morgan fingerprint density at radius 3 is 0.889 bits per heavy atom. The standard InChI is InChI=1S/C30H36N6/c1-23(27-13-5-9-17-31-27)35(24(2)28-14-6-10-18-32-28)21-22-36(25(3)29-15-7-11-19-33-29)26(4)30-16-8-12-20-34-30/h5-20,23-26H,21-22H2,1-4H3/t23-,24-,25-,26-/m1/s1. The summed E-state index contributed by atoms with van der Waals surface area (Å²) in [5.74, 6) is 0. The summed E-state index contributed by atoms with van der Waals surface area (Å²) in [6.07, 6.45) is 7.48. The zero-order valence-electron chi connectivity index (χ0n) is 21.6. The lowest BCUT2D eigenvalue weighted by Crippen LogP contribution is -2.40. The first-order chi connectivity index (χ1) is 17.6. The minimum absolute atomic E-state index is 0.125. The van der Waals surface area contributed by atoms with Crippen molar-refractivity contribution in [1.29, 1.82) is 0 Å². The lowest BCUT2D eigenvalue weighted by Gasteiger charge is -2.39. The molecule has 0 aromatic carbocycles. The van der Waals surface area contributed by atoms with Crippen LogP contribution in [0, 0.1) is 0 Å². The van der Waals surface area contributed by atoms with E-state index in [0.29, 0.717) is 0 Å². The largest absolute Gasteiger partial charge is 0.285 e. The predicted octanol–water partition coefficient (Wildman–Crippen LogP) is 6.22. The Morgan fingerprint density at radius 1 is 0.444 bits per heavy atom. The second-order valence-electron chi connectivity index (χ2n) is 9.20. The van der Waals surface area contributed by atoms with E-state index in [0.717, 1.165) is 35.9 Å². The van der Waals surface area contributed by atoms with Gasteiger partial charge in [-0.05, 0) is 76.2 Å². The number of hydrogen-bond donors (Lipinski definition) is 0. The van der Waals surface area contributed by atoms with E-state index >= 15 is 0 Å². The van der Waals surface area contributed by atoms with Gasteiger partial charge in [-0.2, -0.15) is 0 Å². The van der Waals surface area contributed by atoms with Gasteiger partial charge in [0.05, 0.1) is 22.8 Å². The lowest BCUT2D eigenvalue weighted by molar-refractivity contribution is 0.0863. The Hall–Kier alpha value is -3.48. The first-order valence-electron chi connectivity index (χ1n) is 12.7. The van der Waals surface area contributed by atoms with Crippen LogP contribution in [0.3, 0.4) is 0 Å². The molecule has 0 amide bonds. The molecule has 4 rings (SSSR count). The number of nitrogens with zero attached hydrogens (tertiary/aromatic N) is 6. The van der Waals surface area contributed by atoms with Gasteiger partial charge < -0.3 is 0 Å². The molecule has 0 spiro atoms. The van der Waals surface area contributed by atoms with Crippen molar-refractivity contribution < 1.29 is 0 Å².